The van der Waals surface area contributed by atoms with E-state index in [1.165, 1.54) is 7.11 Å². The molecule has 4 nitrogen and oxygen atoms in total. The first-order valence-electron chi connectivity index (χ1n) is 7.38. The van der Waals surface area contributed by atoms with Crippen LogP contribution in [-0.4, -0.2) is 22.9 Å². The summed E-state index contributed by atoms with van der Waals surface area (Å²) in [5.74, 6) is -0.526. The Hall–Kier alpha value is -2.36. The molecule has 0 fully saturated rings. The van der Waals surface area contributed by atoms with E-state index in [0.717, 1.165) is 22.5 Å². The third-order valence-corrected chi connectivity index (χ3v) is 3.81. The van der Waals surface area contributed by atoms with E-state index >= 15 is 0 Å². The van der Waals surface area contributed by atoms with Crippen molar-refractivity contribution in [3.63, 3.8) is 0 Å². The molecule has 0 saturated heterocycles. The highest BCUT2D eigenvalue weighted by atomic mass is 16.5. The standard InChI is InChI=1S/C18H22N2O2/c1-13(18(21)22-4)17-14(2)19-20(15(17)3)12-8-11-16-9-6-5-7-10-16/h5-11,13H,12H2,1-4H3. The molecule has 0 bridgehead atoms. The first-order valence-corrected chi connectivity index (χ1v) is 7.38. The highest BCUT2D eigenvalue weighted by Crippen LogP contribution is 2.24. The molecule has 1 heterocycles. The van der Waals surface area contributed by atoms with Crippen LogP contribution in [0.15, 0.2) is 36.4 Å². The normalized spacial score (nSPS) is 12.5. The molecule has 1 aromatic heterocycles. The lowest BCUT2D eigenvalue weighted by Crippen LogP contribution is -2.12. The molecule has 2 aromatic rings. The Balaban J connectivity index is 2.16. The SMILES string of the molecule is COC(=O)C(C)c1c(C)nn(CC=Cc2ccccc2)c1C. The van der Waals surface area contributed by atoms with Gasteiger partial charge in [0.25, 0.3) is 0 Å². The van der Waals surface area contributed by atoms with Gasteiger partial charge in [-0.3, -0.25) is 9.48 Å². The number of carbonyl (C=O) groups excluding carboxylic acids is 1. The van der Waals surface area contributed by atoms with Crippen LogP contribution in [0, 0.1) is 13.8 Å². The zero-order valence-corrected chi connectivity index (χ0v) is 13.5. The summed E-state index contributed by atoms with van der Waals surface area (Å²) >= 11 is 0. The van der Waals surface area contributed by atoms with Crippen LogP contribution in [0.5, 0.6) is 0 Å². The fourth-order valence-electron chi connectivity index (χ4n) is 2.66. The van der Waals surface area contributed by atoms with Crippen LogP contribution in [0.1, 0.15) is 35.4 Å². The number of aromatic nitrogens is 2. The molecular weight excluding hydrogens is 276 g/mol. The molecule has 0 amide bonds. The van der Waals surface area contributed by atoms with Crippen molar-refractivity contribution in [2.24, 2.45) is 0 Å². The van der Waals surface area contributed by atoms with Crippen molar-refractivity contribution in [1.82, 2.24) is 9.78 Å². The van der Waals surface area contributed by atoms with Gasteiger partial charge in [0.15, 0.2) is 0 Å². The Kier molecular flexibility index (Phi) is 5.15. The van der Waals surface area contributed by atoms with E-state index in [4.69, 9.17) is 4.74 Å². The van der Waals surface area contributed by atoms with Gasteiger partial charge < -0.3 is 4.74 Å². The first-order chi connectivity index (χ1) is 10.5. The van der Waals surface area contributed by atoms with Gasteiger partial charge >= 0.3 is 5.97 Å². The highest BCUT2D eigenvalue weighted by molar-refractivity contribution is 5.78. The summed E-state index contributed by atoms with van der Waals surface area (Å²) in [6.07, 6.45) is 4.14. The van der Waals surface area contributed by atoms with E-state index in [2.05, 4.69) is 29.4 Å². The van der Waals surface area contributed by atoms with Crippen molar-refractivity contribution < 1.29 is 9.53 Å². The van der Waals surface area contributed by atoms with Crippen LogP contribution in [0.3, 0.4) is 0 Å². The molecule has 1 unspecified atom stereocenters. The summed E-state index contributed by atoms with van der Waals surface area (Å²) in [6, 6.07) is 10.1. The number of aryl methyl sites for hydroxylation is 1. The van der Waals surface area contributed by atoms with E-state index in [0.29, 0.717) is 6.54 Å². The number of benzene rings is 1. The Morgan fingerprint density at radius 3 is 2.64 bits per heavy atom. The third kappa shape index (κ3) is 3.45. The van der Waals surface area contributed by atoms with Gasteiger partial charge in [0, 0.05) is 11.3 Å². The lowest BCUT2D eigenvalue weighted by Gasteiger charge is -2.10. The number of rotatable bonds is 5. The van der Waals surface area contributed by atoms with Crippen LogP contribution in [0.2, 0.25) is 0 Å². The summed E-state index contributed by atoms with van der Waals surface area (Å²) in [5, 5.41) is 4.54. The highest BCUT2D eigenvalue weighted by Gasteiger charge is 2.23. The molecule has 116 valence electrons. The van der Waals surface area contributed by atoms with E-state index in [1.54, 1.807) is 0 Å². The quantitative estimate of drug-likeness (QED) is 0.794. The molecule has 2 rings (SSSR count). The van der Waals surface area contributed by atoms with Crippen molar-refractivity contribution in [3.05, 3.63) is 58.9 Å². The predicted molar refractivity (Wildman–Crippen MR) is 87.6 cm³/mol. The van der Waals surface area contributed by atoms with Crippen LogP contribution < -0.4 is 0 Å². The Morgan fingerprint density at radius 2 is 2.00 bits per heavy atom. The second kappa shape index (κ2) is 7.07. The molecule has 0 N–H and O–H groups in total. The van der Waals surface area contributed by atoms with E-state index in [1.807, 2.05) is 43.7 Å². The molecule has 0 aliphatic carbocycles. The predicted octanol–water partition coefficient (Wildman–Crippen LogP) is 3.49. The summed E-state index contributed by atoms with van der Waals surface area (Å²) in [5.41, 5.74) is 4.00. The molecule has 0 saturated carbocycles. The van der Waals surface area contributed by atoms with Gasteiger partial charge in [-0.05, 0) is 26.3 Å². The second-order valence-corrected chi connectivity index (χ2v) is 5.32. The molecule has 22 heavy (non-hydrogen) atoms. The Morgan fingerprint density at radius 1 is 1.32 bits per heavy atom. The zero-order chi connectivity index (χ0) is 16.1. The van der Waals surface area contributed by atoms with Gasteiger partial charge in [0.05, 0.1) is 25.3 Å². The average molecular weight is 298 g/mol. The molecular formula is C18H22N2O2. The van der Waals surface area contributed by atoms with Crippen molar-refractivity contribution in [2.45, 2.75) is 33.2 Å². The minimum atomic E-state index is -0.295. The largest absolute Gasteiger partial charge is 0.469 e. The van der Waals surface area contributed by atoms with Crippen molar-refractivity contribution in [2.75, 3.05) is 7.11 Å². The van der Waals surface area contributed by atoms with Crippen molar-refractivity contribution in [3.8, 4) is 0 Å². The van der Waals surface area contributed by atoms with Gasteiger partial charge in [0.2, 0.25) is 0 Å². The van der Waals surface area contributed by atoms with Crippen LogP contribution in [0.4, 0.5) is 0 Å². The fraction of sp³-hybridized carbons (Fsp3) is 0.333. The maximum Gasteiger partial charge on any atom is 0.312 e. The van der Waals surface area contributed by atoms with Crippen molar-refractivity contribution >= 4 is 12.0 Å². The average Bonchev–Trinajstić information content (AvgIpc) is 2.81. The minimum Gasteiger partial charge on any atom is -0.469 e. The fourth-order valence-corrected chi connectivity index (χ4v) is 2.66. The van der Waals surface area contributed by atoms with Crippen LogP contribution in [-0.2, 0) is 16.1 Å². The van der Waals surface area contributed by atoms with Gasteiger partial charge in [-0.15, -0.1) is 0 Å². The molecule has 0 aliphatic heterocycles. The Bertz CT molecular complexity index is 672. The molecule has 1 aromatic carbocycles. The topological polar surface area (TPSA) is 44.1 Å². The van der Waals surface area contributed by atoms with Crippen LogP contribution in [0.25, 0.3) is 6.08 Å². The first kappa shape index (κ1) is 16.0. The third-order valence-electron chi connectivity index (χ3n) is 3.81. The summed E-state index contributed by atoms with van der Waals surface area (Å²) in [6.45, 7) is 6.45. The minimum absolute atomic E-state index is 0.231. The number of allylic oxidation sites excluding steroid dienone is 1. The number of hydrogen-bond acceptors (Lipinski definition) is 3. The number of carbonyl (C=O) groups is 1. The number of nitrogens with zero attached hydrogens (tertiary/aromatic N) is 2. The van der Waals surface area contributed by atoms with Gasteiger partial charge in [-0.2, -0.15) is 5.10 Å². The summed E-state index contributed by atoms with van der Waals surface area (Å²) < 4.78 is 6.75. The molecule has 4 heteroatoms. The maximum absolute atomic E-state index is 11.8. The molecule has 0 spiro atoms. The van der Waals surface area contributed by atoms with Gasteiger partial charge in [0.1, 0.15) is 0 Å². The monoisotopic (exact) mass is 298 g/mol. The second-order valence-electron chi connectivity index (χ2n) is 5.32. The van der Waals surface area contributed by atoms with Crippen LogP contribution >= 0.6 is 0 Å². The van der Waals surface area contributed by atoms with Gasteiger partial charge in [-0.25, -0.2) is 0 Å². The van der Waals surface area contributed by atoms with E-state index < -0.39 is 0 Å². The lowest BCUT2D eigenvalue weighted by atomic mass is 9.99. The van der Waals surface area contributed by atoms with Crippen molar-refractivity contribution in [1.29, 1.82) is 0 Å². The number of hydrogen-bond donors (Lipinski definition) is 0. The summed E-state index contributed by atoms with van der Waals surface area (Å²) in [7, 11) is 1.41. The number of esters is 1. The maximum atomic E-state index is 11.8. The number of methoxy groups -OCH3 is 1. The Labute approximate surface area is 131 Å². The zero-order valence-electron chi connectivity index (χ0n) is 13.5. The summed E-state index contributed by atoms with van der Waals surface area (Å²) in [4.78, 5) is 11.8. The molecule has 0 aliphatic rings. The molecule has 0 radical (unpaired) electrons. The number of ether oxygens (including phenoxy) is 1. The van der Waals surface area contributed by atoms with Gasteiger partial charge in [-0.1, -0.05) is 42.5 Å². The van der Waals surface area contributed by atoms with E-state index in [9.17, 15) is 4.79 Å². The van der Waals surface area contributed by atoms with E-state index in [-0.39, 0.29) is 11.9 Å². The molecule has 1 atom stereocenters. The smallest absolute Gasteiger partial charge is 0.312 e. The lowest BCUT2D eigenvalue weighted by molar-refractivity contribution is -0.142.